The Morgan fingerprint density at radius 1 is 1.53 bits per heavy atom. The molecule has 1 unspecified atom stereocenters. The van der Waals surface area contributed by atoms with Crippen LogP contribution in [0.1, 0.15) is 31.5 Å². The standard InChI is InChI=1S/C12H21N3O3S/c1-8(2)10-4-5-15(6-10)19(17,18)12-11(7-16)9(3)13-14-12/h8,10,16H,4-7H2,1-3H3,(H,13,14). The first-order valence-corrected chi connectivity index (χ1v) is 7.96. The van der Waals surface area contributed by atoms with E-state index >= 15 is 0 Å². The molecule has 0 bridgehead atoms. The lowest BCUT2D eigenvalue weighted by Gasteiger charge is -2.17. The highest BCUT2D eigenvalue weighted by Crippen LogP contribution is 2.29. The van der Waals surface area contributed by atoms with Crippen LogP contribution in [0.2, 0.25) is 0 Å². The predicted octanol–water partition coefficient (Wildman–Crippen LogP) is 0.877. The number of nitrogens with zero attached hydrogens (tertiary/aromatic N) is 2. The molecule has 19 heavy (non-hydrogen) atoms. The van der Waals surface area contributed by atoms with Crippen molar-refractivity contribution in [2.24, 2.45) is 11.8 Å². The Bertz CT molecular complexity index is 551. The van der Waals surface area contributed by atoms with E-state index < -0.39 is 10.0 Å². The van der Waals surface area contributed by atoms with Gasteiger partial charge in [-0.1, -0.05) is 13.8 Å². The van der Waals surface area contributed by atoms with Gasteiger partial charge in [0.2, 0.25) is 0 Å². The van der Waals surface area contributed by atoms with Crippen molar-refractivity contribution >= 4 is 10.0 Å². The SMILES string of the molecule is Cc1[nH]nc(S(=O)(=O)N2CCC(C(C)C)C2)c1CO. The molecule has 0 aromatic carbocycles. The van der Waals surface area contributed by atoms with Crippen molar-refractivity contribution in [3.05, 3.63) is 11.3 Å². The molecule has 1 aliphatic heterocycles. The normalized spacial score (nSPS) is 21.4. The van der Waals surface area contributed by atoms with Crippen LogP contribution in [0.15, 0.2) is 5.03 Å². The summed E-state index contributed by atoms with van der Waals surface area (Å²) >= 11 is 0. The Morgan fingerprint density at radius 3 is 2.74 bits per heavy atom. The van der Waals surface area contributed by atoms with Crippen LogP contribution >= 0.6 is 0 Å². The topological polar surface area (TPSA) is 86.3 Å². The molecule has 1 aliphatic rings. The monoisotopic (exact) mass is 287 g/mol. The fourth-order valence-electron chi connectivity index (χ4n) is 2.47. The quantitative estimate of drug-likeness (QED) is 0.860. The van der Waals surface area contributed by atoms with E-state index in [1.165, 1.54) is 4.31 Å². The number of aromatic amines is 1. The van der Waals surface area contributed by atoms with Crippen molar-refractivity contribution in [2.75, 3.05) is 13.1 Å². The minimum absolute atomic E-state index is 0.0306. The first kappa shape index (κ1) is 14.5. The molecule has 0 spiro atoms. The molecule has 0 amide bonds. The molecular formula is C12H21N3O3S. The lowest BCUT2D eigenvalue weighted by Crippen LogP contribution is -2.30. The van der Waals surface area contributed by atoms with Gasteiger partial charge >= 0.3 is 0 Å². The number of hydrogen-bond acceptors (Lipinski definition) is 4. The molecule has 108 valence electrons. The number of aromatic nitrogens is 2. The molecular weight excluding hydrogens is 266 g/mol. The largest absolute Gasteiger partial charge is 0.392 e. The van der Waals surface area contributed by atoms with Crippen LogP contribution in [-0.4, -0.2) is 41.1 Å². The summed E-state index contributed by atoms with van der Waals surface area (Å²) in [5.74, 6) is 0.867. The van der Waals surface area contributed by atoms with Gasteiger partial charge in [-0.15, -0.1) is 0 Å². The number of nitrogens with one attached hydrogen (secondary N) is 1. The second-order valence-electron chi connectivity index (χ2n) is 5.45. The fraction of sp³-hybridized carbons (Fsp3) is 0.750. The molecule has 1 fully saturated rings. The molecule has 1 aromatic heterocycles. The van der Waals surface area contributed by atoms with Crippen LogP contribution in [0.25, 0.3) is 0 Å². The van der Waals surface area contributed by atoms with Crippen molar-refractivity contribution in [1.82, 2.24) is 14.5 Å². The Kier molecular flexibility index (Phi) is 3.98. The van der Waals surface area contributed by atoms with Crippen LogP contribution in [0, 0.1) is 18.8 Å². The van der Waals surface area contributed by atoms with Crippen LogP contribution in [-0.2, 0) is 16.6 Å². The first-order valence-electron chi connectivity index (χ1n) is 6.52. The van der Waals surface area contributed by atoms with Crippen LogP contribution in [0.4, 0.5) is 0 Å². The average Bonchev–Trinajstić information content (AvgIpc) is 2.95. The summed E-state index contributed by atoms with van der Waals surface area (Å²) in [6.07, 6.45) is 0.884. The summed E-state index contributed by atoms with van der Waals surface area (Å²) in [7, 11) is -3.60. The molecule has 0 aliphatic carbocycles. The maximum absolute atomic E-state index is 12.5. The fourth-order valence-corrected chi connectivity index (χ4v) is 4.14. The van der Waals surface area contributed by atoms with Gasteiger partial charge in [-0.05, 0) is 25.2 Å². The van der Waals surface area contributed by atoms with Crippen molar-refractivity contribution < 1.29 is 13.5 Å². The lowest BCUT2D eigenvalue weighted by atomic mass is 9.96. The number of H-pyrrole nitrogens is 1. The van der Waals surface area contributed by atoms with Gasteiger partial charge < -0.3 is 5.11 Å². The summed E-state index contributed by atoms with van der Waals surface area (Å²) in [6.45, 7) is 6.67. The zero-order valence-corrected chi connectivity index (χ0v) is 12.4. The first-order chi connectivity index (χ1) is 8.87. The van der Waals surface area contributed by atoms with Gasteiger partial charge in [-0.2, -0.15) is 9.40 Å². The maximum Gasteiger partial charge on any atom is 0.262 e. The molecule has 0 radical (unpaired) electrons. The summed E-state index contributed by atoms with van der Waals surface area (Å²) in [5, 5.41) is 15.8. The summed E-state index contributed by atoms with van der Waals surface area (Å²) in [6, 6.07) is 0. The van der Waals surface area contributed by atoms with E-state index in [9.17, 15) is 13.5 Å². The molecule has 2 N–H and O–H groups in total. The summed E-state index contributed by atoms with van der Waals surface area (Å²) < 4.78 is 26.5. The molecule has 6 nitrogen and oxygen atoms in total. The highest BCUT2D eigenvalue weighted by molar-refractivity contribution is 7.89. The van der Waals surface area contributed by atoms with E-state index in [1.54, 1.807) is 6.92 Å². The number of sulfonamides is 1. The zero-order valence-electron chi connectivity index (χ0n) is 11.5. The number of aryl methyl sites for hydroxylation is 1. The van der Waals surface area contributed by atoms with Crippen molar-refractivity contribution in [2.45, 2.75) is 38.8 Å². The van der Waals surface area contributed by atoms with E-state index in [2.05, 4.69) is 24.0 Å². The van der Waals surface area contributed by atoms with Crippen molar-refractivity contribution in [3.8, 4) is 0 Å². The van der Waals surface area contributed by atoms with Gasteiger partial charge in [0, 0.05) is 24.3 Å². The second kappa shape index (κ2) is 5.22. The number of aliphatic hydroxyl groups excluding tert-OH is 1. The van der Waals surface area contributed by atoms with Gasteiger partial charge in [0.25, 0.3) is 10.0 Å². The third kappa shape index (κ3) is 2.54. The Balaban J connectivity index is 2.29. The van der Waals surface area contributed by atoms with Crippen LogP contribution in [0.3, 0.4) is 0 Å². The average molecular weight is 287 g/mol. The second-order valence-corrected chi connectivity index (χ2v) is 7.30. The highest BCUT2D eigenvalue weighted by atomic mass is 32.2. The smallest absolute Gasteiger partial charge is 0.262 e. The highest BCUT2D eigenvalue weighted by Gasteiger charge is 2.36. The van der Waals surface area contributed by atoms with Gasteiger partial charge in [0.1, 0.15) is 0 Å². The van der Waals surface area contributed by atoms with E-state index in [-0.39, 0.29) is 11.6 Å². The van der Waals surface area contributed by atoms with Gasteiger partial charge in [-0.3, -0.25) is 5.10 Å². The Hall–Kier alpha value is -0.920. The van der Waals surface area contributed by atoms with Crippen LogP contribution in [0.5, 0.6) is 0 Å². The Morgan fingerprint density at radius 2 is 2.21 bits per heavy atom. The molecule has 1 aromatic rings. The van der Waals surface area contributed by atoms with Gasteiger partial charge in [-0.25, -0.2) is 8.42 Å². The summed E-state index contributed by atoms with van der Waals surface area (Å²) in [5.41, 5.74) is 0.966. The van der Waals surface area contributed by atoms with Crippen LogP contribution < -0.4 is 0 Å². The molecule has 2 rings (SSSR count). The zero-order chi connectivity index (χ0) is 14.2. The third-order valence-electron chi connectivity index (χ3n) is 3.91. The predicted molar refractivity (Wildman–Crippen MR) is 71.0 cm³/mol. The maximum atomic E-state index is 12.5. The molecule has 0 saturated carbocycles. The Labute approximate surface area is 113 Å². The van der Waals surface area contributed by atoms with E-state index in [0.29, 0.717) is 36.2 Å². The minimum atomic E-state index is -3.60. The molecule has 1 saturated heterocycles. The third-order valence-corrected chi connectivity index (χ3v) is 5.75. The number of hydrogen-bond donors (Lipinski definition) is 2. The van der Waals surface area contributed by atoms with E-state index in [4.69, 9.17) is 0 Å². The number of aliphatic hydroxyl groups is 1. The number of rotatable bonds is 4. The van der Waals surface area contributed by atoms with Gasteiger partial charge in [0.05, 0.1) is 6.61 Å². The van der Waals surface area contributed by atoms with Crippen molar-refractivity contribution in [1.29, 1.82) is 0 Å². The molecule has 7 heteroatoms. The summed E-state index contributed by atoms with van der Waals surface area (Å²) in [4.78, 5) is 0. The molecule has 1 atom stereocenters. The van der Waals surface area contributed by atoms with E-state index in [0.717, 1.165) is 6.42 Å². The van der Waals surface area contributed by atoms with Gasteiger partial charge in [0.15, 0.2) is 5.03 Å². The van der Waals surface area contributed by atoms with E-state index in [1.807, 2.05) is 0 Å². The van der Waals surface area contributed by atoms with Crippen molar-refractivity contribution in [3.63, 3.8) is 0 Å². The lowest BCUT2D eigenvalue weighted by molar-refractivity contribution is 0.277. The minimum Gasteiger partial charge on any atom is -0.392 e. The molecule has 2 heterocycles.